The molecule has 3 heterocycles. The molecule has 0 radical (unpaired) electrons. The lowest BCUT2D eigenvalue weighted by Crippen LogP contribution is -2.66. The first kappa shape index (κ1) is 65.0. The maximum atomic E-state index is 13.2. The molecule has 19 nitrogen and oxygen atoms in total. The number of carbonyl (C=O) groups is 1. The van der Waals surface area contributed by atoms with E-state index in [4.69, 9.17) is 28.4 Å². The fourth-order valence-corrected chi connectivity index (χ4v) is 9.05. The van der Waals surface area contributed by atoms with Crippen LogP contribution in [0.15, 0.2) is 48.6 Å². The number of rotatable bonds is 38. The van der Waals surface area contributed by atoms with Gasteiger partial charge in [0, 0.05) is 6.42 Å². The summed E-state index contributed by atoms with van der Waals surface area (Å²) in [5, 5.41) is 120. The Balaban J connectivity index is 1.52. The van der Waals surface area contributed by atoms with Gasteiger partial charge in [0.25, 0.3) is 0 Å². The van der Waals surface area contributed by atoms with E-state index in [1.807, 2.05) is 6.08 Å². The van der Waals surface area contributed by atoms with E-state index >= 15 is 0 Å². The van der Waals surface area contributed by atoms with Crippen molar-refractivity contribution in [3.8, 4) is 0 Å². The summed E-state index contributed by atoms with van der Waals surface area (Å²) in [4.78, 5) is 13.2. The Morgan fingerprint density at radius 1 is 0.493 bits per heavy atom. The SMILES string of the molecule is CC/C=C/CC/C=C/CC/C=C/C(O)C(COC1OC(CO)C(OC2OC(CO)C(OC3OC(CO)C(O)C(O)C3O)C(O)C2O)C(O)C1O)NC(=O)CCCCCCCCC/C=C\CCCCCCCCC. The minimum absolute atomic E-state index is 0.225. The van der Waals surface area contributed by atoms with Crippen molar-refractivity contribution in [2.45, 2.75) is 259 Å². The maximum Gasteiger partial charge on any atom is 0.220 e. The molecule has 0 aromatic heterocycles. The first-order valence-electron chi connectivity index (χ1n) is 27.4. The number of aliphatic hydroxyl groups excluding tert-OH is 11. The van der Waals surface area contributed by atoms with Crippen molar-refractivity contribution >= 4 is 5.91 Å². The van der Waals surface area contributed by atoms with Gasteiger partial charge in [0.05, 0.1) is 38.6 Å². The lowest BCUT2D eigenvalue weighted by atomic mass is 9.96. The predicted octanol–water partition coefficient (Wildman–Crippen LogP) is 3.14. The first-order valence-corrected chi connectivity index (χ1v) is 27.4. The third-order valence-electron chi connectivity index (χ3n) is 13.6. The number of nitrogens with one attached hydrogen (secondary N) is 1. The molecule has 0 aliphatic carbocycles. The zero-order valence-electron chi connectivity index (χ0n) is 43.6. The second kappa shape index (κ2) is 38.3. The highest BCUT2D eigenvalue weighted by Gasteiger charge is 2.53. The number of carbonyl (C=O) groups excluding carboxylic acids is 1. The van der Waals surface area contributed by atoms with Crippen molar-refractivity contribution in [2.24, 2.45) is 0 Å². The van der Waals surface area contributed by atoms with Crippen molar-refractivity contribution < 1.29 is 89.4 Å². The van der Waals surface area contributed by atoms with E-state index < -0.39 is 124 Å². The molecule has 0 saturated carbocycles. The van der Waals surface area contributed by atoms with Crippen LogP contribution in [0.4, 0.5) is 0 Å². The quantitative estimate of drug-likeness (QED) is 0.0312. The highest BCUT2D eigenvalue weighted by atomic mass is 16.8. The summed E-state index contributed by atoms with van der Waals surface area (Å²) in [7, 11) is 0. The standard InChI is InChI=1S/C54H95NO18/c1-3-5-7-9-11-13-15-16-17-18-19-20-21-22-24-26-28-30-32-42(60)55-37(38(59)31-29-27-25-23-14-12-10-8-6-4-2)36-68-52-48(66)45(63)50(40(34-57)70-52)73-54-49(67)46(64)51(41(35-58)71-54)72-53-47(65)44(62)43(61)39(33-56)69-53/h6,8,14,17-18,23,29,31,37-41,43-54,56-59,61-67H,3-5,7,9-13,15-16,19-22,24-28,30,32-36H2,1-2H3,(H,55,60)/b8-6+,18-17-,23-14+,31-29+. The Morgan fingerprint density at radius 2 is 0.918 bits per heavy atom. The summed E-state index contributed by atoms with van der Waals surface area (Å²) in [6.45, 7) is 1.53. The van der Waals surface area contributed by atoms with E-state index in [1.54, 1.807) is 6.08 Å². The second-order valence-electron chi connectivity index (χ2n) is 19.6. The number of allylic oxidation sites excluding steroid dienone is 7. The van der Waals surface area contributed by atoms with Crippen molar-refractivity contribution in [1.82, 2.24) is 5.32 Å². The topological polar surface area (TPSA) is 307 Å². The Bertz CT molecular complexity index is 1530. The van der Waals surface area contributed by atoms with Gasteiger partial charge < -0.3 is 89.9 Å². The van der Waals surface area contributed by atoms with E-state index in [9.17, 15) is 61.0 Å². The molecule has 17 atom stereocenters. The molecule has 0 spiro atoms. The molecule has 12 N–H and O–H groups in total. The summed E-state index contributed by atoms with van der Waals surface area (Å²) in [6.07, 6.45) is 12.7. The first-order chi connectivity index (χ1) is 35.3. The van der Waals surface area contributed by atoms with E-state index in [-0.39, 0.29) is 18.9 Å². The molecule has 1 amide bonds. The molecule has 424 valence electrons. The Kier molecular flexibility index (Phi) is 34.1. The summed E-state index contributed by atoms with van der Waals surface area (Å²) < 4.78 is 34.1. The predicted molar refractivity (Wildman–Crippen MR) is 272 cm³/mol. The zero-order valence-corrected chi connectivity index (χ0v) is 43.6. The third-order valence-corrected chi connectivity index (χ3v) is 13.6. The van der Waals surface area contributed by atoms with Crippen molar-refractivity contribution in [3.63, 3.8) is 0 Å². The van der Waals surface area contributed by atoms with Crippen molar-refractivity contribution in [3.05, 3.63) is 48.6 Å². The minimum Gasteiger partial charge on any atom is -0.394 e. The fraction of sp³-hybridized carbons (Fsp3) is 0.833. The van der Waals surface area contributed by atoms with Crippen LogP contribution in [0.5, 0.6) is 0 Å². The lowest BCUT2D eigenvalue weighted by Gasteiger charge is -2.48. The van der Waals surface area contributed by atoms with E-state index in [1.165, 1.54) is 64.2 Å². The summed E-state index contributed by atoms with van der Waals surface area (Å²) in [5.74, 6) is -0.300. The number of aliphatic hydroxyl groups is 11. The van der Waals surface area contributed by atoms with Gasteiger partial charge in [-0.1, -0.05) is 133 Å². The number of amides is 1. The maximum absolute atomic E-state index is 13.2. The van der Waals surface area contributed by atoms with Gasteiger partial charge in [0.15, 0.2) is 18.9 Å². The van der Waals surface area contributed by atoms with Gasteiger partial charge in [-0.15, -0.1) is 0 Å². The van der Waals surface area contributed by atoms with Gasteiger partial charge in [-0.25, -0.2) is 0 Å². The normalized spacial score (nSPS) is 32.1. The van der Waals surface area contributed by atoms with Gasteiger partial charge in [0.1, 0.15) is 73.2 Å². The molecule has 0 bridgehead atoms. The number of unbranched alkanes of at least 4 members (excludes halogenated alkanes) is 16. The molecule has 0 aromatic carbocycles. The molecule has 3 rings (SSSR count). The van der Waals surface area contributed by atoms with Crippen LogP contribution in [-0.4, -0.2) is 193 Å². The van der Waals surface area contributed by atoms with Gasteiger partial charge >= 0.3 is 0 Å². The van der Waals surface area contributed by atoms with Gasteiger partial charge in [-0.3, -0.25) is 4.79 Å². The van der Waals surface area contributed by atoms with Gasteiger partial charge in [-0.05, 0) is 64.2 Å². The summed E-state index contributed by atoms with van der Waals surface area (Å²) in [5.41, 5.74) is 0. The Hall–Kier alpha value is -2.25. The van der Waals surface area contributed by atoms with E-state index in [0.29, 0.717) is 12.8 Å². The third kappa shape index (κ3) is 23.5. The molecular weight excluding hydrogens is 951 g/mol. The van der Waals surface area contributed by atoms with Crippen LogP contribution >= 0.6 is 0 Å². The second-order valence-corrected chi connectivity index (χ2v) is 19.6. The monoisotopic (exact) mass is 1050 g/mol. The molecular formula is C54H95NO18. The molecule has 19 heteroatoms. The van der Waals surface area contributed by atoms with E-state index in [2.05, 4.69) is 55.6 Å². The zero-order chi connectivity index (χ0) is 53.4. The van der Waals surface area contributed by atoms with Crippen LogP contribution in [0.3, 0.4) is 0 Å². The summed E-state index contributed by atoms with van der Waals surface area (Å²) in [6, 6.07) is -0.996. The lowest BCUT2D eigenvalue weighted by molar-refractivity contribution is -0.379. The number of hydrogen-bond acceptors (Lipinski definition) is 18. The molecule has 3 fully saturated rings. The molecule has 3 aliphatic heterocycles. The summed E-state index contributed by atoms with van der Waals surface area (Å²) >= 11 is 0. The van der Waals surface area contributed by atoms with Crippen molar-refractivity contribution in [2.75, 3.05) is 26.4 Å². The van der Waals surface area contributed by atoms with Crippen LogP contribution in [0.25, 0.3) is 0 Å². The molecule has 3 saturated heterocycles. The molecule has 17 unspecified atom stereocenters. The fourth-order valence-electron chi connectivity index (χ4n) is 9.05. The minimum atomic E-state index is -1.98. The Labute approximate surface area is 433 Å². The number of hydrogen-bond donors (Lipinski definition) is 12. The van der Waals surface area contributed by atoms with E-state index in [0.717, 1.165) is 57.8 Å². The van der Waals surface area contributed by atoms with Crippen LogP contribution in [0, 0.1) is 0 Å². The largest absolute Gasteiger partial charge is 0.394 e. The molecule has 73 heavy (non-hydrogen) atoms. The number of ether oxygens (including phenoxy) is 6. The average Bonchev–Trinajstić information content (AvgIpc) is 3.39. The van der Waals surface area contributed by atoms with Gasteiger partial charge in [0.2, 0.25) is 5.91 Å². The van der Waals surface area contributed by atoms with Crippen LogP contribution < -0.4 is 5.32 Å². The highest BCUT2D eigenvalue weighted by Crippen LogP contribution is 2.33. The van der Waals surface area contributed by atoms with Crippen molar-refractivity contribution in [1.29, 1.82) is 0 Å². The molecule has 0 aromatic rings. The smallest absolute Gasteiger partial charge is 0.220 e. The average molecular weight is 1050 g/mol. The highest BCUT2D eigenvalue weighted by molar-refractivity contribution is 5.76. The Morgan fingerprint density at radius 3 is 1.44 bits per heavy atom. The van der Waals surface area contributed by atoms with Crippen LogP contribution in [0.2, 0.25) is 0 Å². The van der Waals surface area contributed by atoms with Crippen LogP contribution in [0.1, 0.15) is 155 Å². The van der Waals surface area contributed by atoms with Crippen LogP contribution in [-0.2, 0) is 33.2 Å². The van der Waals surface area contributed by atoms with Gasteiger partial charge in [-0.2, -0.15) is 0 Å². The molecule has 3 aliphatic rings.